The number of pyridine rings is 1. The van der Waals surface area contributed by atoms with Crippen molar-refractivity contribution < 1.29 is 19.4 Å². The van der Waals surface area contributed by atoms with Crippen molar-refractivity contribution in [3.8, 4) is 11.6 Å². The predicted octanol–water partition coefficient (Wildman–Crippen LogP) is 3.18. The number of halogens is 1. The van der Waals surface area contributed by atoms with Crippen LogP contribution in [0.15, 0.2) is 47.1 Å². The Bertz CT molecular complexity index is 763. The van der Waals surface area contributed by atoms with Crippen molar-refractivity contribution in [2.45, 2.75) is 6.42 Å². The van der Waals surface area contributed by atoms with Gasteiger partial charge in [0.05, 0.1) is 16.0 Å². The van der Waals surface area contributed by atoms with Gasteiger partial charge in [0.2, 0.25) is 5.88 Å². The van der Waals surface area contributed by atoms with Gasteiger partial charge in [0, 0.05) is 25.4 Å². The van der Waals surface area contributed by atoms with Crippen molar-refractivity contribution in [2.24, 2.45) is 5.92 Å². The minimum Gasteiger partial charge on any atom is -0.481 e. The number of rotatable bonds is 4. The Balaban J connectivity index is 1.67. The smallest absolute Gasteiger partial charge is 0.308 e. The molecule has 1 saturated heterocycles. The third-order valence-corrected chi connectivity index (χ3v) is 4.51. The molecule has 0 spiro atoms. The number of aromatic nitrogens is 1. The molecule has 0 bridgehead atoms. The molecule has 1 fully saturated rings. The second-order valence-corrected chi connectivity index (χ2v) is 6.35. The molecule has 3 rings (SSSR count). The highest BCUT2D eigenvalue weighted by Crippen LogP contribution is 2.28. The molecule has 2 aromatic rings. The molecule has 24 heavy (non-hydrogen) atoms. The summed E-state index contributed by atoms with van der Waals surface area (Å²) in [5, 5.41) is 9.01. The molecule has 1 aliphatic heterocycles. The Morgan fingerprint density at radius 2 is 2.04 bits per heavy atom. The lowest BCUT2D eigenvalue weighted by atomic mass is 10.1. The highest BCUT2D eigenvalue weighted by atomic mass is 79.9. The summed E-state index contributed by atoms with van der Waals surface area (Å²) >= 11 is 3.39. The van der Waals surface area contributed by atoms with Gasteiger partial charge < -0.3 is 14.7 Å². The molecule has 1 aliphatic rings. The SMILES string of the molecule is O=C(O)[C@H]1CCN(C(=O)c2ccc(Oc3ccccc3Br)nc2)C1. The summed E-state index contributed by atoms with van der Waals surface area (Å²) in [6.07, 6.45) is 1.93. The average Bonchev–Trinajstić information content (AvgIpc) is 3.07. The fourth-order valence-corrected chi connectivity index (χ4v) is 2.90. The maximum Gasteiger partial charge on any atom is 0.308 e. The summed E-state index contributed by atoms with van der Waals surface area (Å²) in [6, 6.07) is 10.7. The van der Waals surface area contributed by atoms with E-state index in [4.69, 9.17) is 9.84 Å². The number of ether oxygens (including phenoxy) is 1. The molecule has 0 unspecified atom stereocenters. The molecule has 0 saturated carbocycles. The molecule has 124 valence electrons. The topological polar surface area (TPSA) is 79.7 Å². The third kappa shape index (κ3) is 3.56. The number of nitrogens with zero attached hydrogens (tertiary/aromatic N) is 2. The maximum atomic E-state index is 12.4. The fourth-order valence-electron chi connectivity index (χ4n) is 2.54. The lowest BCUT2D eigenvalue weighted by Gasteiger charge is -2.15. The lowest BCUT2D eigenvalue weighted by molar-refractivity contribution is -0.141. The first-order valence-electron chi connectivity index (χ1n) is 7.45. The summed E-state index contributed by atoms with van der Waals surface area (Å²) in [6.45, 7) is 0.689. The van der Waals surface area contributed by atoms with E-state index in [1.54, 1.807) is 23.1 Å². The molecule has 1 atom stereocenters. The van der Waals surface area contributed by atoms with Gasteiger partial charge >= 0.3 is 5.97 Å². The van der Waals surface area contributed by atoms with E-state index in [0.29, 0.717) is 30.2 Å². The Labute approximate surface area is 147 Å². The van der Waals surface area contributed by atoms with Gasteiger partial charge in [-0.3, -0.25) is 9.59 Å². The molecular formula is C17H15BrN2O4. The molecule has 1 aromatic carbocycles. The van der Waals surface area contributed by atoms with Crippen LogP contribution in [0, 0.1) is 5.92 Å². The second-order valence-electron chi connectivity index (χ2n) is 5.49. The van der Waals surface area contributed by atoms with Gasteiger partial charge in [-0.25, -0.2) is 4.98 Å². The Hall–Kier alpha value is -2.41. The molecule has 1 amide bonds. The Morgan fingerprint density at radius 1 is 1.25 bits per heavy atom. The number of para-hydroxylation sites is 1. The summed E-state index contributed by atoms with van der Waals surface area (Å²) in [4.78, 5) is 29.1. The molecule has 1 aromatic heterocycles. The van der Waals surface area contributed by atoms with E-state index in [0.717, 1.165) is 4.47 Å². The van der Waals surface area contributed by atoms with Crippen LogP contribution in [0.5, 0.6) is 11.6 Å². The van der Waals surface area contributed by atoms with Crippen molar-refractivity contribution in [3.05, 3.63) is 52.6 Å². The summed E-state index contributed by atoms with van der Waals surface area (Å²) < 4.78 is 6.47. The van der Waals surface area contributed by atoms with E-state index < -0.39 is 11.9 Å². The first-order valence-corrected chi connectivity index (χ1v) is 8.24. The number of carboxylic acids is 1. The number of carbonyl (C=O) groups excluding carboxylic acids is 1. The number of hydrogen-bond donors (Lipinski definition) is 1. The van der Waals surface area contributed by atoms with E-state index in [2.05, 4.69) is 20.9 Å². The highest BCUT2D eigenvalue weighted by molar-refractivity contribution is 9.10. The van der Waals surface area contributed by atoms with Crippen LogP contribution < -0.4 is 4.74 Å². The minimum absolute atomic E-state index is 0.210. The van der Waals surface area contributed by atoms with Crippen LogP contribution >= 0.6 is 15.9 Å². The predicted molar refractivity (Wildman–Crippen MR) is 90.1 cm³/mol. The van der Waals surface area contributed by atoms with Gasteiger partial charge in [-0.05, 0) is 40.5 Å². The minimum atomic E-state index is -0.861. The van der Waals surface area contributed by atoms with Crippen LogP contribution in [0.3, 0.4) is 0 Å². The summed E-state index contributed by atoms with van der Waals surface area (Å²) in [5.41, 5.74) is 0.417. The number of hydrogen-bond acceptors (Lipinski definition) is 4. The quantitative estimate of drug-likeness (QED) is 0.866. The summed E-state index contributed by atoms with van der Waals surface area (Å²) in [5.74, 6) is -0.546. The van der Waals surface area contributed by atoms with Crippen molar-refractivity contribution in [1.29, 1.82) is 0 Å². The van der Waals surface area contributed by atoms with Crippen molar-refractivity contribution in [2.75, 3.05) is 13.1 Å². The number of likely N-dealkylation sites (tertiary alicyclic amines) is 1. The molecule has 0 aliphatic carbocycles. The zero-order valence-corrected chi connectivity index (χ0v) is 14.3. The van der Waals surface area contributed by atoms with E-state index in [-0.39, 0.29) is 12.5 Å². The van der Waals surface area contributed by atoms with Gasteiger partial charge in [-0.2, -0.15) is 0 Å². The number of benzene rings is 1. The third-order valence-electron chi connectivity index (χ3n) is 3.86. The molecule has 2 heterocycles. The van der Waals surface area contributed by atoms with Gasteiger partial charge in [0.15, 0.2) is 0 Å². The van der Waals surface area contributed by atoms with E-state index in [1.807, 2.05) is 18.2 Å². The van der Waals surface area contributed by atoms with E-state index in [1.165, 1.54) is 6.20 Å². The first kappa shape index (κ1) is 16.4. The number of carboxylic acid groups (broad SMARTS) is 1. The van der Waals surface area contributed by atoms with Crippen LogP contribution in [0.25, 0.3) is 0 Å². The molecule has 1 N–H and O–H groups in total. The highest BCUT2D eigenvalue weighted by Gasteiger charge is 2.31. The van der Waals surface area contributed by atoms with Gasteiger partial charge in [0.1, 0.15) is 5.75 Å². The van der Waals surface area contributed by atoms with Crippen LogP contribution in [0.4, 0.5) is 0 Å². The van der Waals surface area contributed by atoms with Crippen LogP contribution in [0.2, 0.25) is 0 Å². The van der Waals surface area contributed by atoms with E-state index in [9.17, 15) is 9.59 Å². The number of aliphatic carboxylic acids is 1. The van der Waals surface area contributed by atoms with Crippen LogP contribution in [0.1, 0.15) is 16.8 Å². The number of amides is 1. The zero-order chi connectivity index (χ0) is 17.1. The zero-order valence-electron chi connectivity index (χ0n) is 12.7. The van der Waals surface area contributed by atoms with Crippen LogP contribution in [-0.4, -0.2) is 40.0 Å². The molecular weight excluding hydrogens is 376 g/mol. The number of carbonyl (C=O) groups is 2. The summed E-state index contributed by atoms with van der Waals surface area (Å²) in [7, 11) is 0. The second kappa shape index (κ2) is 7.00. The Kier molecular flexibility index (Phi) is 4.80. The average molecular weight is 391 g/mol. The molecule has 6 nitrogen and oxygen atoms in total. The van der Waals surface area contributed by atoms with Crippen molar-refractivity contribution in [3.63, 3.8) is 0 Å². The monoisotopic (exact) mass is 390 g/mol. The van der Waals surface area contributed by atoms with E-state index >= 15 is 0 Å². The normalized spacial score (nSPS) is 16.9. The Morgan fingerprint density at radius 3 is 2.67 bits per heavy atom. The van der Waals surface area contributed by atoms with Crippen LogP contribution in [-0.2, 0) is 4.79 Å². The maximum absolute atomic E-state index is 12.4. The largest absolute Gasteiger partial charge is 0.481 e. The standard InChI is InChI=1S/C17H15BrN2O4/c18-13-3-1-2-4-14(13)24-15-6-5-11(9-19-15)16(21)20-8-7-12(10-20)17(22)23/h1-6,9,12H,7-8,10H2,(H,22,23)/t12-/m0/s1. The van der Waals surface area contributed by atoms with Crippen molar-refractivity contribution in [1.82, 2.24) is 9.88 Å². The first-order chi connectivity index (χ1) is 11.5. The van der Waals surface area contributed by atoms with Gasteiger partial charge in [0.25, 0.3) is 5.91 Å². The lowest BCUT2D eigenvalue weighted by Crippen LogP contribution is -2.30. The van der Waals surface area contributed by atoms with Gasteiger partial charge in [-0.1, -0.05) is 12.1 Å². The molecule has 7 heteroatoms. The molecule has 0 radical (unpaired) electrons. The van der Waals surface area contributed by atoms with Crippen molar-refractivity contribution >= 4 is 27.8 Å². The fraction of sp³-hybridized carbons (Fsp3) is 0.235. The van der Waals surface area contributed by atoms with Gasteiger partial charge in [-0.15, -0.1) is 0 Å².